The van der Waals surface area contributed by atoms with Crippen LogP contribution in [0.2, 0.25) is 0 Å². The number of nitrogens with zero attached hydrogens (tertiary/aromatic N) is 1. The Kier molecular flexibility index (Phi) is 3.03. The average molecular weight is 230 g/mol. The van der Waals surface area contributed by atoms with Gasteiger partial charge in [-0.3, -0.25) is 4.98 Å². The third-order valence-electron chi connectivity index (χ3n) is 2.91. The minimum atomic E-state index is -0.670. The van der Waals surface area contributed by atoms with Crippen LogP contribution in [0.1, 0.15) is 25.8 Å². The van der Waals surface area contributed by atoms with E-state index in [2.05, 4.69) is 4.98 Å². The highest BCUT2D eigenvalue weighted by Crippen LogP contribution is 2.25. The SMILES string of the molecule is CC(C)(O)CCc1c(N)cnc2ccccc12. The molecule has 1 aromatic carbocycles. The topological polar surface area (TPSA) is 59.1 Å². The van der Waals surface area contributed by atoms with Crippen molar-refractivity contribution in [2.45, 2.75) is 32.3 Å². The zero-order chi connectivity index (χ0) is 12.5. The number of aryl methyl sites for hydroxylation is 1. The highest BCUT2D eigenvalue weighted by atomic mass is 16.3. The van der Waals surface area contributed by atoms with Crippen LogP contribution >= 0.6 is 0 Å². The molecule has 0 atom stereocenters. The molecule has 17 heavy (non-hydrogen) atoms. The molecule has 3 heteroatoms. The minimum Gasteiger partial charge on any atom is -0.397 e. The van der Waals surface area contributed by atoms with Crippen molar-refractivity contribution in [3.05, 3.63) is 36.0 Å². The summed E-state index contributed by atoms with van der Waals surface area (Å²) in [7, 11) is 0. The van der Waals surface area contributed by atoms with E-state index >= 15 is 0 Å². The second kappa shape index (κ2) is 4.34. The second-order valence-corrected chi connectivity index (χ2v) is 5.02. The maximum Gasteiger partial charge on any atom is 0.0706 e. The van der Waals surface area contributed by atoms with Crippen LogP contribution in [0.3, 0.4) is 0 Å². The summed E-state index contributed by atoms with van der Waals surface area (Å²) in [4.78, 5) is 4.30. The van der Waals surface area contributed by atoms with Gasteiger partial charge in [0.25, 0.3) is 0 Å². The van der Waals surface area contributed by atoms with E-state index in [0.717, 1.165) is 22.9 Å². The lowest BCUT2D eigenvalue weighted by atomic mass is 9.96. The smallest absolute Gasteiger partial charge is 0.0706 e. The largest absolute Gasteiger partial charge is 0.397 e. The van der Waals surface area contributed by atoms with Crippen LogP contribution in [-0.4, -0.2) is 15.7 Å². The van der Waals surface area contributed by atoms with E-state index in [9.17, 15) is 5.11 Å². The van der Waals surface area contributed by atoms with Gasteiger partial charge >= 0.3 is 0 Å². The summed E-state index contributed by atoms with van der Waals surface area (Å²) in [5.41, 5.74) is 8.04. The highest BCUT2D eigenvalue weighted by Gasteiger charge is 2.14. The molecule has 0 saturated carbocycles. The Labute approximate surface area is 101 Å². The first-order valence-corrected chi connectivity index (χ1v) is 5.82. The summed E-state index contributed by atoms with van der Waals surface area (Å²) >= 11 is 0. The molecule has 1 aromatic heterocycles. The third-order valence-corrected chi connectivity index (χ3v) is 2.91. The molecule has 90 valence electrons. The predicted octanol–water partition coefficient (Wildman–Crippen LogP) is 2.52. The first-order chi connectivity index (χ1) is 7.97. The maximum absolute atomic E-state index is 9.79. The quantitative estimate of drug-likeness (QED) is 0.851. The molecular weight excluding hydrogens is 212 g/mol. The van der Waals surface area contributed by atoms with Crippen molar-refractivity contribution < 1.29 is 5.11 Å². The van der Waals surface area contributed by atoms with E-state index in [1.54, 1.807) is 6.20 Å². The molecule has 3 N–H and O–H groups in total. The van der Waals surface area contributed by atoms with Crippen molar-refractivity contribution in [1.29, 1.82) is 0 Å². The van der Waals surface area contributed by atoms with Gasteiger partial charge in [-0.15, -0.1) is 0 Å². The second-order valence-electron chi connectivity index (χ2n) is 5.02. The van der Waals surface area contributed by atoms with E-state index in [0.29, 0.717) is 12.1 Å². The van der Waals surface area contributed by atoms with E-state index in [4.69, 9.17) is 5.73 Å². The van der Waals surface area contributed by atoms with Crippen LogP contribution in [0.15, 0.2) is 30.5 Å². The highest BCUT2D eigenvalue weighted by molar-refractivity contribution is 5.85. The van der Waals surface area contributed by atoms with Crippen molar-refractivity contribution in [2.75, 3.05) is 5.73 Å². The number of hydrogen-bond donors (Lipinski definition) is 2. The van der Waals surface area contributed by atoms with Crippen molar-refractivity contribution in [2.24, 2.45) is 0 Å². The fourth-order valence-corrected chi connectivity index (χ4v) is 1.92. The minimum absolute atomic E-state index is 0.670. The van der Waals surface area contributed by atoms with E-state index in [1.807, 2.05) is 38.1 Å². The Morgan fingerprint density at radius 3 is 2.71 bits per heavy atom. The molecule has 3 nitrogen and oxygen atoms in total. The fraction of sp³-hybridized carbons (Fsp3) is 0.357. The van der Waals surface area contributed by atoms with Crippen LogP contribution in [0.5, 0.6) is 0 Å². The molecule has 1 heterocycles. The molecule has 2 aromatic rings. The van der Waals surface area contributed by atoms with Gasteiger partial charge in [0.05, 0.1) is 23.0 Å². The molecule has 0 aliphatic rings. The molecule has 0 unspecified atom stereocenters. The summed E-state index contributed by atoms with van der Waals surface area (Å²) in [5.74, 6) is 0. The Morgan fingerprint density at radius 1 is 1.29 bits per heavy atom. The van der Waals surface area contributed by atoms with E-state index < -0.39 is 5.60 Å². The summed E-state index contributed by atoms with van der Waals surface area (Å²) in [6.45, 7) is 3.62. The monoisotopic (exact) mass is 230 g/mol. The zero-order valence-corrected chi connectivity index (χ0v) is 10.3. The summed E-state index contributed by atoms with van der Waals surface area (Å²) in [6, 6.07) is 7.95. The standard InChI is InChI=1S/C14H18N2O/c1-14(2,17)8-7-10-11-5-3-4-6-13(11)16-9-12(10)15/h3-6,9,17H,7-8,15H2,1-2H3. The lowest BCUT2D eigenvalue weighted by Gasteiger charge is -2.18. The molecular formula is C14H18N2O. The molecule has 2 rings (SSSR count). The Balaban J connectivity index is 2.41. The first-order valence-electron chi connectivity index (χ1n) is 5.82. The average Bonchev–Trinajstić information content (AvgIpc) is 2.26. The van der Waals surface area contributed by atoms with E-state index in [1.165, 1.54) is 0 Å². The number of benzene rings is 1. The number of hydrogen-bond acceptors (Lipinski definition) is 3. The van der Waals surface area contributed by atoms with Gasteiger partial charge in [0.15, 0.2) is 0 Å². The van der Waals surface area contributed by atoms with Crippen LogP contribution in [0.4, 0.5) is 5.69 Å². The van der Waals surface area contributed by atoms with Crippen LogP contribution in [0.25, 0.3) is 10.9 Å². The summed E-state index contributed by atoms with van der Waals surface area (Å²) in [5, 5.41) is 10.9. The molecule has 0 aliphatic carbocycles. The van der Waals surface area contributed by atoms with Gasteiger partial charge in [-0.1, -0.05) is 18.2 Å². The lowest BCUT2D eigenvalue weighted by Crippen LogP contribution is -2.19. The number of aliphatic hydroxyl groups is 1. The summed E-state index contributed by atoms with van der Waals surface area (Å²) in [6.07, 6.45) is 3.14. The van der Waals surface area contributed by atoms with Gasteiger partial charge in [-0.2, -0.15) is 0 Å². The summed E-state index contributed by atoms with van der Waals surface area (Å²) < 4.78 is 0. The zero-order valence-electron chi connectivity index (χ0n) is 10.3. The predicted molar refractivity (Wildman–Crippen MR) is 70.8 cm³/mol. The van der Waals surface area contributed by atoms with Crippen LogP contribution < -0.4 is 5.73 Å². The van der Waals surface area contributed by atoms with Crippen molar-refractivity contribution >= 4 is 16.6 Å². The van der Waals surface area contributed by atoms with Gasteiger partial charge in [0, 0.05) is 5.39 Å². The third kappa shape index (κ3) is 2.74. The number of anilines is 1. The fourth-order valence-electron chi connectivity index (χ4n) is 1.92. The maximum atomic E-state index is 9.79. The van der Waals surface area contributed by atoms with Gasteiger partial charge < -0.3 is 10.8 Å². The number of para-hydroxylation sites is 1. The van der Waals surface area contributed by atoms with E-state index in [-0.39, 0.29) is 0 Å². The molecule has 0 fully saturated rings. The first kappa shape index (κ1) is 11.9. The van der Waals surface area contributed by atoms with Crippen molar-refractivity contribution in [3.8, 4) is 0 Å². The van der Waals surface area contributed by atoms with Gasteiger partial charge in [-0.25, -0.2) is 0 Å². The number of nitrogens with two attached hydrogens (primary N) is 1. The number of fused-ring (bicyclic) bond motifs is 1. The Bertz CT molecular complexity index is 529. The molecule has 0 aliphatic heterocycles. The molecule has 0 amide bonds. The Morgan fingerprint density at radius 2 is 2.00 bits per heavy atom. The number of aromatic nitrogens is 1. The van der Waals surface area contributed by atoms with Crippen molar-refractivity contribution in [1.82, 2.24) is 4.98 Å². The molecule has 0 bridgehead atoms. The molecule has 0 spiro atoms. The lowest BCUT2D eigenvalue weighted by molar-refractivity contribution is 0.0715. The number of pyridine rings is 1. The van der Waals surface area contributed by atoms with Crippen LogP contribution in [0, 0.1) is 0 Å². The van der Waals surface area contributed by atoms with Crippen LogP contribution in [-0.2, 0) is 6.42 Å². The van der Waals surface area contributed by atoms with Gasteiger partial charge in [0.1, 0.15) is 0 Å². The van der Waals surface area contributed by atoms with Gasteiger partial charge in [-0.05, 0) is 38.3 Å². The number of nitrogen functional groups attached to an aromatic ring is 1. The van der Waals surface area contributed by atoms with Gasteiger partial charge in [0.2, 0.25) is 0 Å². The van der Waals surface area contributed by atoms with Crippen molar-refractivity contribution in [3.63, 3.8) is 0 Å². The molecule has 0 saturated heterocycles. The number of rotatable bonds is 3. The Hall–Kier alpha value is -1.61. The molecule has 0 radical (unpaired) electrons. The normalized spacial score (nSPS) is 11.9.